The molecule has 0 aliphatic carbocycles. The van der Waals surface area contributed by atoms with Crippen LogP contribution in [0.4, 0.5) is 5.69 Å². The third-order valence-electron chi connectivity index (χ3n) is 5.17. The second-order valence-corrected chi connectivity index (χ2v) is 10.2. The summed E-state index contributed by atoms with van der Waals surface area (Å²) in [5.41, 5.74) is 4.37. The molecule has 3 rings (SSSR count). The van der Waals surface area contributed by atoms with Gasteiger partial charge in [-0.1, -0.05) is 40.2 Å². The predicted octanol–water partition coefficient (Wildman–Crippen LogP) is 3.33. The van der Waals surface area contributed by atoms with Crippen LogP contribution in [-0.2, 0) is 20.4 Å². The minimum Gasteiger partial charge on any atom is -0.368 e. The van der Waals surface area contributed by atoms with Crippen LogP contribution in [0.1, 0.15) is 16.7 Å². The van der Waals surface area contributed by atoms with E-state index in [1.165, 1.54) is 16.8 Å². The Hall–Kier alpha value is -1.86. The van der Waals surface area contributed by atoms with Crippen LogP contribution in [0.2, 0.25) is 0 Å². The summed E-state index contributed by atoms with van der Waals surface area (Å²) >= 11 is 3.34. The van der Waals surface area contributed by atoms with E-state index < -0.39 is 15.6 Å². The molecule has 7 heteroatoms. The molecule has 0 bridgehead atoms. The van der Waals surface area contributed by atoms with E-state index in [-0.39, 0.29) is 11.7 Å². The molecule has 1 aliphatic rings. The van der Waals surface area contributed by atoms with Crippen molar-refractivity contribution in [3.05, 3.63) is 63.6 Å². The molecule has 2 aromatic carbocycles. The Morgan fingerprint density at radius 3 is 2.39 bits per heavy atom. The Kier molecular flexibility index (Phi) is 6.45. The number of anilines is 1. The Balaban J connectivity index is 1.58. The van der Waals surface area contributed by atoms with E-state index in [4.69, 9.17) is 0 Å². The van der Waals surface area contributed by atoms with Crippen molar-refractivity contribution in [3.8, 4) is 0 Å². The van der Waals surface area contributed by atoms with Gasteiger partial charge in [0.05, 0.1) is 5.75 Å². The molecule has 0 unspecified atom stereocenters. The van der Waals surface area contributed by atoms with Crippen molar-refractivity contribution >= 4 is 37.4 Å². The highest BCUT2D eigenvalue weighted by Crippen LogP contribution is 2.24. The average molecular weight is 465 g/mol. The molecule has 2 aromatic rings. The Bertz CT molecular complexity index is 967. The second-order valence-electron chi connectivity index (χ2n) is 7.25. The maximum Gasteiger partial charge on any atom is 0.237 e. The number of carbonyl (C=O) groups excluding carboxylic acids is 1. The number of piperazine rings is 1. The van der Waals surface area contributed by atoms with E-state index in [0.29, 0.717) is 31.7 Å². The van der Waals surface area contributed by atoms with E-state index in [9.17, 15) is 13.2 Å². The molecule has 0 saturated carbocycles. The lowest BCUT2D eigenvalue weighted by Crippen LogP contribution is -2.50. The van der Waals surface area contributed by atoms with E-state index >= 15 is 0 Å². The summed E-state index contributed by atoms with van der Waals surface area (Å²) in [7, 11) is -3.50. The van der Waals surface area contributed by atoms with Crippen LogP contribution in [0.25, 0.3) is 0 Å². The van der Waals surface area contributed by atoms with Gasteiger partial charge < -0.3 is 9.80 Å². The van der Waals surface area contributed by atoms with Gasteiger partial charge in [0.15, 0.2) is 9.84 Å². The third kappa shape index (κ3) is 5.14. The molecule has 1 saturated heterocycles. The molecular formula is C21H25BrN2O3S. The number of sulfone groups is 1. The average Bonchev–Trinajstić information content (AvgIpc) is 2.63. The van der Waals surface area contributed by atoms with Crippen LogP contribution in [0.3, 0.4) is 0 Å². The van der Waals surface area contributed by atoms with Crippen molar-refractivity contribution in [3.63, 3.8) is 0 Å². The van der Waals surface area contributed by atoms with Crippen LogP contribution >= 0.6 is 15.9 Å². The number of aryl methyl sites for hydroxylation is 1. The summed E-state index contributed by atoms with van der Waals surface area (Å²) in [5, 5.41) is 0. The van der Waals surface area contributed by atoms with Crippen molar-refractivity contribution in [1.29, 1.82) is 0 Å². The number of rotatable bonds is 5. The number of halogens is 1. The van der Waals surface area contributed by atoms with Crippen LogP contribution in [0.5, 0.6) is 0 Å². The molecule has 0 atom stereocenters. The first kappa shape index (κ1) is 20.9. The predicted molar refractivity (Wildman–Crippen MR) is 116 cm³/mol. The highest BCUT2D eigenvalue weighted by atomic mass is 79.9. The topological polar surface area (TPSA) is 57.7 Å². The van der Waals surface area contributed by atoms with Crippen LogP contribution in [0.15, 0.2) is 46.9 Å². The van der Waals surface area contributed by atoms with Crippen molar-refractivity contribution in [1.82, 2.24) is 4.90 Å². The molecule has 1 aliphatic heterocycles. The van der Waals surface area contributed by atoms with Crippen molar-refractivity contribution in [2.45, 2.75) is 19.6 Å². The summed E-state index contributed by atoms with van der Waals surface area (Å²) in [4.78, 5) is 16.5. The van der Waals surface area contributed by atoms with Gasteiger partial charge in [0.25, 0.3) is 0 Å². The molecule has 0 N–H and O–H groups in total. The molecule has 28 heavy (non-hydrogen) atoms. The van der Waals surface area contributed by atoms with Gasteiger partial charge in [-0.3, -0.25) is 4.79 Å². The van der Waals surface area contributed by atoms with E-state index in [1.54, 1.807) is 23.1 Å². The normalized spacial score (nSPS) is 15.0. The molecule has 0 spiro atoms. The summed E-state index contributed by atoms with van der Waals surface area (Å²) in [6.45, 7) is 6.70. The maximum atomic E-state index is 12.6. The molecule has 0 radical (unpaired) electrons. The minimum atomic E-state index is -3.50. The lowest BCUT2D eigenvalue weighted by Gasteiger charge is -2.37. The zero-order chi connectivity index (χ0) is 20.3. The van der Waals surface area contributed by atoms with Gasteiger partial charge in [0.2, 0.25) is 5.91 Å². The van der Waals surface area contributed by atoms with Gasteiger partial charge in [-0.05, 0) is 48.7 Å². The Labute approximate surface area is 175 Å². The smallest absolute Gasteiger partial charge is 0.237 e. The number of benzene rings is 2. The van der Waals surface area contributed by atoms with Crippen molar-refractivity contribution < 1.29 is 13.2 Å². The van der Waals surface area contributed by atoms with Crippen LogP contribution in [-0.4, -0.2) is 51.2 Å². The SMILES string of the molecule is Cc1cccc(N2CCN(C(=O)CS(=O)(=O)Cc3cccc(Br)c3)CC2)c1C. The summed E-state index contributed by atoms with van der Waals surface area (Å²) in [5.74, 6) is -0.875. The fourth-order valence-electron chi connectivity index (χ4n) is 3.49. The summed E-state index contributed by atoms with van der Waals surface area (Å²) in [6, 6.07) is 13.4. The molecule has 5 nitrogen and oxygen atoms in total. The number of hydrogen-bond acceptors (Lipinski definition) is 4. The molecule has 1 fully saturated rings. The monoisotopic (exact) mass is 464 g/mol. The standard InChI is InChI=1S/C21H25BrN2O3S/c1-16-5-3-8-20(17(16)2)23-9-11-24(12-10-23)21(25)15-28(26,27)14-18-6-4-7-19(22)13-18/h3-8,13H,9-12,14-15H2,1-2H3. The first-order chi connectivity index (χ1) is 13.2. The third-order valence-corrected chi connectivity index (χ3v) is 7.12. The quantitative estimate of drug-likeness (QED) is 0.680. The Morgan fingerprint density at radius 2 is 1.71 bits per heavy atom. The molecule has 0 aromatic heterocycles. The van der Waals surface area contributed by atoms with Gasteiger partial charge in [0.1, 0.15) is 5.75 Å². The summed E-state index contributed by atoms with van der Waals surface area (Å²) < 4.78 is 25.7. The largest absolute Gasteiger partial charge is 0.368 e. The lowest BCUT2D eigenvalue weighted by atomic mass is 10.1. The fourth-order valence-corrected chi connectivity index (χ4v) is 5.28. The van der Waals surface area contributed by atoms with E-state index in [1.807, 2.05) is 12.1 Å². The number of carbonyl (C=O) groups is 1. The molecule has 150 valence electrons. The molecular weight excluding hydrogens is 440 g/mol. The lowest BCUT2D eigenvalue weighted by molar-refractivity contribution is -0.128. The number of nitrogens with zero attached hydrogens (tertiary/aromatic N) is 2. The molecule has 1 heterocycles. The van der Waals surface area contributed by atoms with Crippen molar-refractivity contribution in [2.75, 3.05) is 36.8 Å². The zero-order valence-electron chi connectivity index (χ0n) is 16.2. The highest BCUT2D eigenvalue weighted by molar-refractivity contribution is 9.10. The number of amides is 1. The second kappa shape index (κ2) is 8.66. The van der Waals surface area contributed by atoms with Crippen LogP contribution < -0.4 is 4.90 Å². The first-order valence-corrected chi connectivity index (χ1v) is 11.9. The first-order valence-electron chi connectivity index (χ1n) is 9.29. The summed E-state index contributed by atoms with van der Waals surface area (Å²) in [6.07, 6.45) is 0. The van der Waals surface area contributed by atoms with Gasteiger partial charge in [0, 0.05) is 36.3 Å². The van der Waals surface area contributed by atoms with Gasteiger partial charge in [-0.2, -0.15) is 0 Å². The van der Waals surface area contributed by atoms with Crippen LogP contribution in [0, 0.1) is 13.8 Å². The number of hydrogen-bond donors (Lipinski definition) is 0. The van der Waals surface area contributed by atoms with Gasteiger partial charge in [-0.15, -0.1) is 0 Å². The van der Waals surface area contributed by atoms with Crippen molar-refractivity contribution in [2.24, 2.45) is 0 Å². The van der Waals surface area contributed by atoms with Gasteiger partial charge in [-0.25, -0.2) is 8.42 Å². The maximum absolute atomic E-state index is 12.6. The minimum absolute atomic E-state index is 0.124. The highest BCUT2D eigenvalue weighted by Gasteiger charge is 2.26. The van der Waals surface area contributed by atoms with Gasteiger partial charge >= 0.3 is 0 Å². The Morgan fingerprint density at radius 1 is 1.04 bits per heavy atom. The van der Waals surface area contributed by atoms with E-state index in [2.05, 4.69) is 46.8 Å². The van der Waals surface area contributed by atoms with E-state index in [0.717, 1.165) is 4.47 Å². The zero-order valence-corrected chi connectivity index (χ0v) is 18.6. The molecule has 1 amide bonds. The fraction of sp³-hybridized carbons (Fsp3) is 0.381.